The summed E-state index contributed by atoms with van der Waals surface area (Å²) in [4.78, 5) is 11.7. The standard InChI is InChI=1S/C16H13ClN2O2/c17-14-5-1-4-13(7-14)10-19-16(20)11-21-15-6-2-3-12(8-15)9-18/h1-8H,10-11H2,(H,19,20). The van der Waals surface area contributed by atoms with Crippen molar-refractivity contribution in [1.82, 2.24) is 5.32 Å². The fourth-order valence-electron chi connectivity index (χ4n) is 1.70. The van der Waals surface area contributed by atoms with Gasteiger partial charge in [-0.05, 0) is 35.9 Å². The van der Waals surface area contributed by atoms with Crippen LogP contribution in [-0.2, 0) is 11.3 Å². The maximum atomic E-state index is 11.7. The predicted octanol–water partition coefficient (Wildman–Crippen LogP) is 2.91. The molecule has 1 amide bonds. The SMILES string of the molecule is N#Cc1cccc(OCC(=O)NCc2cccc(Cl)c2)c1. The number of carbonyl (C=O) groups is 1. The molecule has 0 radical (unpaired) electrons. The van der Waals surface area contributed by atoms with E-state index in [-0.39, 0.29) is 12.5 Å². The van der Waals surface area contributed by atoms with E-state index in [1.807, 2.05) is 18.2 Å². The number of nitrogens with one attached hydrogen (secondary N) is 1. The lowest BCUT2D eigenvalue weighted by molar-refractivity contribution is -0.123. The van der Waals surface area contributed by atoms with Gasteiger partial charge < -0.3 is 10.1 Å². The fourth-order valence-corrected chi connectivity index (χ4v) is 1.92. The van der Waals surface area contributed by atoms with Crippen LogP contribution < -0.4 is 10.1 Å². The summed E-state index contributed by atoms with van der Waals surface area (Å²) in [6.45, 7) is 0.288. The summed E-state index contributed by atoms with van der Waals surface area (Å²) in [7, 11) is 0. The highest BCUT2D eigenvalue weighted by Crippen LogP contribution is 2.12. The molecule has 5 heteroatoms. The topological polar surface area (TPSA) is 62.1 Å². The molecule has 0 bridgehead atoms. The first kappa shape index (κ1) is 14.9. The number of amides is 1. The number of benzene rings is 2. The van der Waals surface area contributed by atoms with E-state index in [4.69, 9.17) is 21.6 Å². The van der Waals surface area contributed by atoms with Crippen LogP contribution in [-0.4, -0.2) is 12.5 Å². The predicted molar refractivity (Wildman–Crippen MR) is 80.0 cm³/mol. The number of hydrogen-bond donors (Lipinski definition) is 1. The summed E-state index contributed by atoms with van der Waals surface area (Å²) in [6, 6.07) is 16.0. The van der Waals surface area contributed by atoms with Gasteiger partial charge in [-0.2, -0.15) is 5.26 Å². The second kappa shape index (κ2) is 7.32. The number of nitriles is 1. The Kier molecular flexibility index (Phi) is 5.19. The van der Waals surface area contributed by atoms with Crippen molar-refractivity contribution in [2.45, 2.75) is 6.54 Å². The number of carbonyl (C=O) groups excluding carboxylic acids is 1. The van der Waals surface area contributed by atoms with Crippen LogP contribution in [0.4, 0.5) is 0 Å². The Bertz CT molecular complexity index is 680. The van der Waals surface area contributed by atoms with E-state index in [0.717, 1.165) is 5.56 Å². The molecule has 0 saturated carbocycles. The van der Waals surface area contributed by atoms with Crippen LogP contribution in [0.1, 0.15) is 11.1 Å². The first-order valence-electron chi connectivity index (χ1n) is 6.31. The van der Waals surface area contributed by atoms with Gasteiger partial charge in [0, 0.05) is 11.6 Å². The third kappa shape index (κ3) is 4.83. The van der Waals surface area contributed by atoms with Gasteiger partial charge in [0.2, 0.25) is 0 Å². The molecule has 1 N–H and O–H groups in total. The molecule has 0 heterocycles. The molecule has 0 aromatic heterocycles. The normalized spacial score (nSPS) is 9.71. The van der Waals surface area contributed by atoms with E-state index in [0.29, 0.717) is 22.9 Å². The van der Waals surface area contributed by atoms with Crippen LogP contribution in [0.5, 0.6) is 5.75 Å². The maximum Gasteiger partial charge on any atom is 0.258 e. The minimum absolute atomic E-state index is 0.102. The Morgan fingerprint density at radius 1 is 1.24 bits per heavy atom. The van der Waals surface area contributed by atoms with Crippen molar-refractivity contribution < 1.29 is 9.53 Å². The van der Waals surface area contributed by atoms with Crippen molar-refractivity contribution in [3.63, 3.8) is 0 Å². The highest BCUT2D eigenvalue weighted by atomic mass is 35.5. The highest BCUT2D eigenvalue weighted by molar-refractivity contribution is 6.30. The minimum Gasteiger partial charge on any atom is -0.484 e. The maximum absolute atomic E-state index is 11.7. The summed E-state index contributed by atoms with van der Waals surface area (Å²) in [6.07, 6.45) is 0. The van der Waals surface area contributed by atoms with E-state index >= 15 is 0 Å². The zero-order chi connectivity index (χ0) is 15.1. The van der Waals surface area contributed by atoms with Crippen LogP contribution in [0, 0.1) is 11.3 Å². The van der Waals surface area contributed by atoms with Gasteiger partial charge in [-0.1, -0.05) is 29.8 Å². The Hall–Kier alpha value is -2.51. The molecule has 2 aromatic rings. The van der Waals surface area contributed by atoms with Crippen molar-refractivity contribution in [3.05, 3.63) is 64.7 Å². The summed E-state index contributed by atoms with van der Waals surface area (Å²) in [5, 5.41) is 12.1. The zero-order valence-electron chi connectivity index (χ0n) is 11.2. The molecular weight excluding hydrogens is 288 g/mol. The molecule has 0 fully saturated rings. The van der Waals surface area contributed by atoms with Gasteiger partial charge in [-0.15, -0.1) is 0 Å². The van der Waals surface area contributed by atoms with Crippen LogP contribution >= 0.6 is 11.6 Å². The Balaban J connectivity index is 1.81. The molecule has 106 valence electrons. The van der Waals surface area contributed by atoms with Crippen molar-refractivity contribution in [1.29, 1.82) is 5.26 Å². The summed E-state index contributed by atoms with van der Waals surface area (Å²) < 4.78 is 5.33. The number of nitrogens with zero attached hydrogens (tertiary/aromatic N) is 1. The average Bonchev–Trinajstić information content (AvgIpc) is 2.51. The minimum atomic E-state index is -0.239. The first-order valence-corrected chi connectivity index (χ1v) is 6.69. The Morgan fingerprint density at radius 2 is 2.05 bits per heavy atom. The van der Waals surface area contributed by atoms with Crippen LogP contribution in [0.2, 0.25) is 5.02 Å². The summed E-state index contributed by atoms with van der Waals surface area (Å²) in [5.41, 5.74) is 1.41. The molecule has 0 spiro atoms. The Morgan fingerprint density at radius 3 is 2.81 bits per heavy atom. The van der Waals surface area contributed by atoms with Gasteiger partial charge in [0.25, 0.3) is 5.91 Å². The first-order chi connectivity index (χ1) is 10.2. The highest BCUT2D eigenvalue weighted by Gasteiger charge is 2.04. The quantitative estimate of drug-likeness (QED) is 0.923. The van der Waals surface area contributed by atoms with Crippen LogP contribution in [0.3, 0.4) is 0 Å². The molecule has 0 atom stereocenters. The molecule has 0 unspecified atom stereocenters. The second-order valence-electron chi connectivity index (χ2n) is 4.33. The van der Waals surface area contributed by atoms with Crippen molar-refractivity contribution in [2.75, 3.05) is 6.61 Å². The third-order valence-electron chi connectivity index (χ3n) is 2.71. The molecule has 0 aliphatic heterocycles. The number of hydrogen-bond acceptors (Lipinski definition) is 3. The lowest BCUT2D eigenvalue weighted by Gasteiger charge is -2.08. The van der Waals surface area contributed by atoms with E-state index in [9.17, 15) is 4.79 Å². The van der Waals surface area contributed by atoms with Crippen molar-refractivity contribution in [2.24, 2.45) is 0 Å². The van der Waals surface area contributed by atoms with Crippen molar-refractivity contribution >= 4 is 17.5 Å². The van der Waals surface area contributed by atoms with E-state index in [1.54, 1.807) is 36.4 Å². The van der Waals surface area contributed by atoms with Crippen LogP contribution in [0.15, 0.2) is 48.5 Å². The second-order valence-corrected chi connectivity index (χ2v) is 4.77. The van der Waals surface area contributed by atoms with Gasteiger partial charge in [-0.3, -0.25) is 4.79 Å². The molecule has 4 nitrogen and oxygen atoms in total. The summed E-state index contributed by atoms with van der Waals surface area (Å²) >= 11 is 5.87. The molecular formula is C16H13ClN2O2. The van der Waals surface area contributed by atoms with E-state index < -0.39 is 0 Å². The molecule has 0 saturated heterocycles. The smallest absolute Gasteiger partial charge is 0.258 e. The van der Waals surface area contributed by atoms with Gasteiger partial charge in [-0.25, -0.2) is 0 Å². The van der Waals surface area contributed by atoms with Crippen molar-refractivity contribution in [3.8, 4) is 11.8 Å². The van der Waals surface area contributed by atoms with Gasteiger partial charge in [0.05, 0.1) is 11.6 Å². The number of ether oxygens (including phenoxy) is 1. The number of rotatable bonds is 5. The zero-order valence-corrected chi connectivity index (χ0v) is 11.9. The Labute approximate surface area is 127 Å². The lowest BCUT2D eigenvalue weighted by Crippen LogP contribution is -2.28. The van der Waals surface area contributed by atoms with Gasteiger partial charge in [0.1, 0.15) is 5.75 Å². The molecule has 2 rings (SSSR count). The molecule has 0 aliphatic carbocycles. The number of halogens is 1. The average molecular weight is 301 g/mol. The fraction of sp³-hybridized carbons (Fsp3) is 0.125. The lowest BCUT2D eigenvalue weighted by atomic mass is 10.2. The van der Waals surface area contributed by atoms with Gasteiger partial charge >= 0.3 is 0 Å². The van der Waals surface area contributed by atoms with Gasteiger partial charge in [0.15, 0.2) is 6.61 Å². The largest absolute Gasteiger partial charge is 0.484 e. The molecule has 0 aliphatic rings. The summed E-state index contributed by atoms with van der Waals surface area (Å²) in [5.74, 6) is 0.254. The van der Waals surface area contributed by atoms with Crippen LogP contribution in [0.25, 0.3) is 0 Å². The van der Waals surface area contributed by atoms with E-state index in [1.165, 1.54) is 0 Å². The van der Waals surface area contributed by atoms with E-state index in [2.05, 4.69) is 5.32 Å². The molecule has 2 aromatic carbocycles. The monoisotopic (exact) mass is 300 g/mol. The third-order valence-corrected chi connectivity index (χ3v) is 2.95. The molecule has 21 heavy (non-hydrogen) atoms.